The summed E-state index contributed by atoms with van der Waals surface area (Å²) in [4.78, 5) is 20.5. The number of rotatable bonds is 9. The zero-order valence-corrected chi connectivity index (χ0v) is 17.6. The Bertz CT molecular complexity index is 1030. The van der Waals surface area contributed by atoms with Gasteiger partial charge in [0.05, 0.1) is 24.2 Å². The van der Waals surface area contributed by atoms with E-state index < -0.39 is 6.61 Å². The van der Waals surface area contributed by atoms with Crippen molar-refractivity contribution in [3.05, 3.63) is 59.9 Å². The molecule has 0 radical (unpaired) electrons. The molecule has 0 aliphatic carbocycles. The normalized spacial score (nSPS) is 13.5. The number of aromatic nitrogens is 2. The molecule has 164 valence electrons. The van der Waals surface area contributed by atoms with Crippen LogP contribution in [0, 0.1) is 5.92 Å². The highest BCUT2D eigenvalue weighted by Crippen LogP contribution is 2.30. The van der Waals surface area contributed by atoms with E-state index in [0.717, 1.165) is 17.5 Å². The molecular formula is C23H25F2N3O3. The first-order valence-corrected chi connectivity index (χ1v) is 9.97. The van der Waals surface area contributed by atoms with Crippen LogP contribution in [0.4, 0.5) is 8.78 Å². The number of methoxy groups -OCH3 is 1. The lowest BCUT2D eigenvalue weighted by molar-refractivity contribution is -0.117. The Hall–Kier alpha value is -3.42. The lowest BCUT2D eigenvalue weighted by atomic mass is 9.98. The largest absolute Gasteiger partial charge is 0.493 e. The van der Waals surface area contributed by atoms with Gasteiger partial charge in [0.2, 0.25) is 5.91 Å². The fraction of sp³-hybridized carbons (Fsp3) is 0.304. The van der Waals surface area contributed by atoms with Crippen molar-refractivity contribution in [1.82, 2.24) is 15.3 Å². The van der Waals surface area contributed by atoms with Crippen molar-refractivity contribution in [2.45, 2.75) is 32.9 Å². The lowest BCUT2D eigenvalue weighted by Gasteiger charge is -2.21. The van der Waals surface area contributed by atoms with Gasteiger partial charge in [-0.2, -0.15) is 8.78 Å². The summed E-state index contributed by atoms with van der Waals surface area (Å²) in [5.74, 6) is 0.650. The number of ether oxygens (including phenoxy) is 2. The monoisotopic (exact) mass is 429 g/mol. The van der Waals surface area contributed by atoms with Crippen molar-refractivity contribution in [2.75, 3.05) is 7.11 Å². The smallest absolute Gasteiger partial charge is 0.387 e. The van der Waals surface area contributed by atoms with Gasteiger partial charge in [0, 0.05) is 6.08 Å². The first-order valence-electron chi connectivity index (χ1n) is 9.97. The van der Waals surface area contributed by atoms with Crippen molar-refractivity contribution in [3.63, 3.8) is 0 Å². The standard InChI is InChI=1S/C23H25F2N3O3/c1-4-14(2)21(22-26-16-7-5-6-8-17(16)27-22)28-20(29)12-10-15-9-11-18(31-23(24)25)19(13-15)30-3/h5-14,21,23H,4H2,1-3H3,(H,26,27)(H,28,29)/b12-10+. The van der Waals surface area contributed by atoms with Gasteiger partial charge >= 0.3 is 6.61 Å². The summed E-state index contributed by atoms with van der Waals surface area (Å²) >= 11 is 0. The second-order valence-corrected chi connectivity index (χ2v) is 7.13. The van der Waals surface area contributed by atoms with Gasteiger partial charge in [0.25, 0.3) is 0 Å². The highest BCUT2D eigenvalue weighted by Gasteiger charge is 2.23. The molecule has 1 amide bonds. The molecule has 0 bridgehead atoms. The Morgan fingerprint density at radius 2 is 2.00 bits per heavy atom. The molecule has 3 rings (SSSR count). The molecule has 2 atom stereocenters. The lowest BCUT2D eigenvalue weighted by Crippen LogP contribution is -2.32. The average molecular weight is 429 g/mol. The predicted octanol–water partition coefficient (Wildman–Crippen LogP) is 5.09. The number of carbonyl (C=O) groups is 1. The van der Waals surface area contributed by atoms with E-state index in [2.05, 4.69) is 33.9 Å². The molecule has 0 fully saturated rings. The summed E-state index contributed by atoms with van der Waals surface area (Å²) in [5, 5.41) is 3.01. The Balaban J connectivity index is 1.75. The first-order chi connectivity index (χ1) is 14.9. The van der Waals surface area contributed by atoms with Crippen LogP contribution in [0.2, 0.25) is 0 Å². The van der Waals surface area contributed by atoms with Crippen LogP contribution in [-0.4, -0.2) is 29.6 Å². The second kappa shape index (κ2) is 10.1. The zero-order valence-electron chi connectivity index (χ0n) is 17.6. The summed E-state index contributed by atoms with van der Waals surface area (Å²) in [6, 6.07) is 11.9. The van der Waals surface area contributed by atoms with Crippen molar-refractivity contribution in [2.24, 2.45) is 5.92 Å². The van der Waals surface area contributed by atoms with Crippen LogP contribution in [0.5, 0.6) is 11.5 Å². The van der Waals surface area contributed by atoms with E-state index in [0.29, 0.717) is 11.4 Å². The van der Waals surface area contributed by atoms with Crippen LogP contribution in [0.3, 0.4) is 0 Å². The minimum atomic E-state index is -2.95. The number of alkyl halides is 2. The Morgan fingerprint density at radius 3 is 2.68 bits per heavy atom. The molecule has 2 aromatic carbocycles. The Labute approximate surface area is 179 Å². The minimum Gasteiger partial charge on any atom is -0.493 e. The van der Waals surface area contributed by atoms with E-state index in [1.54, 1.807) is 12.1 Å². The highest BCUT2D eigenvalue weighted by molar-refractivity contribution is 5.92. The van der Waals surface area contributed by atoms with Crippen LogP contribution >= 0.6 is 0 Å². The number of nitrogens with one attached hydrogen (secondary N) is 2. The molecule has 1 heterocycles. The summed E-state index contributed by atoms with van der Waals surface area (Å²) < 4.78 is 34.4. The van der Waals surface area contributed by atoms with Crippen molar-refractivity contribution in [1.29, 1.82) is 0 Å². The molecule has 1 aromatic heterocycles. The van der Waals surface area contributed by atoms with Gasteiger partial charge in [-0.1, -0.05) is 38.5 Å². The zero-order chi connectivity index (χ0) is 22.4. The molecule has 6 nitrogen and oxygen atoms in total. The van der Waals surface area contributed by atoms with Crippen molar-refractivity contribution < 1.29 is 23.0 Å². The summed E-state index contributed by atoms with van der Waals surface area (Å²) in [7, 11) is 1.36. The van der Waals surface area contributed by atoms with E-state index in [1.807, 2.05) is 24.3 Å². The van der Waals surface area contributed by atoms with Gasteiger partial charge in [-0.05, 0) is 41.8 Å². The Morgan fingerprint density at radius 1 is 1.23 bits per heavy atom. The summed E-state index contributed by atoms with van der Waals surface area (Å²) in [5.41, 5.74) is 2.36. The average Bonchev–Trinajstić information content (AvgIpc) is 3.19. The quantitative estimate of drug-likeness (QED) is 0.465. The second-order valence-electron chi connectivity index (χ2n) is 7.13. The van der Waals surface area contributed by atoms with Crippen LogP contribution in [0.15, 0.2) is 48.5 Å². The maximum absolute atomic E-state index is 12.6. The maximum Gasteiger partial charge on any atom is 0.387 e. The fourth-order valence-electron chi connectivity index (χ4n) is 3.19. The Kier molecular flexibility index (Phi) is 7.23. The SMILES string of the molecule is CCC(C)C(NC(=O)/C=C/c1ccc(OC(F)F)c(OC)c1)c1nc2ccccc2[nH]1. The number of para-hydroxylation sites is 2. The summed E-state index contributed by atoms with van der Waals surface area (Å²) in [6.45, 7) is 1.16. The number of benzene rings is 2. The highest BCUT2D eigenvalue weighted by atomic mass is 19.3. The van der Waals surface area contributed by atoms with Crippen LogP contribution < -0.4 is 14.8 Å². The molecule has 0 aliphatic rings. The van der Waals surface area contributed by atoms with Gasteiger partial charge in [-0.25, -0.2) is 4.98 Å². The molecule has 2 unspecified atom stereocenters. The van der Waals surface area contributed by atoms with E-state index in [1.165, 1.54) is 25.3 Å². The van der Waals surface area contributed by atoms with Gasteiger partial charge in [-0.3, -0.25) is 4.79 Å². The number of carbonyl (C=O) groups excluding carboxylic acids is 1. The molecule has 8 heteroatoms. The van der Waals surface area contributed by atoms with Crippen LogP contribution in [0.25, 0.3) is 17.1 Å². The number of fused-ring (bicyclic) bond motifs is 1. The number of hydrogen-bond acceptors (Lipinski definition) is 4. The number of hydrogen-bond donors (Lipinski definition) is 2. The minimum absolute atomic E-state index is 0.0687. The van der Waals surface area contributed by atoms with E-state index >= 15 is 0 Å². The number of nitrogens with zero attached hydrogens (tertiary/aromatic N) is 1. The van der Waals surface area contributed by atoms with Crippen molar-refractivity contribution in [3.8, 4) is 11.5 Å². The first kappa shape index (κ1) is 22.3. The van der Waals surface area contributed by atoms with Gasteiger partial charge in [0.1, 0.15) is 5.82 Å². The molecular weight excluding hydrogens is 404 g/mol. The van der Waals surface area contributed by atoms with Crippen molar-refractivity contribution >= 4 is 23.0 Å². The molecule has 31 heavy (non-hydrogen) atoms. The topological polar surface area (TPSA) is 76.2 Å². The van der Waals surface area contributed by atoms with E-state index in [9.17, 15) is 13.6 Å². The number of H-pyrrole nitrogens is 1. The fourth-order valence-corrected chi connectivity index (χ4v) is 3.19. The third kappa shape index (κ3) is 5.59. The molecule has 0 aliphatic heterocycles. The third-order valence-electron chi connectivity index (χ3n) is 5.04. The van der Waals surface area contributed by atoms with Gasteiger partial charge in [-0.15, -0.1) is 0 Å². The van der Waals surface area contributed by atoms with Gasteiger partial charge < -0.3 is 19.8 Å². The third-order valence-corrected chi connectivity index (χ3v) is 5.04. The number of aromatic amines is 1. The number of imidazole rings is 1. The summed E-state index contributed by atoms with van der Waals surface area (Å²) in [6.07, 6.45) is 3.82. The number of halogens is 2. The molecule has 3 aromatic rings. The number of amides is 1. The predicted molar refractivity (Wildman–Crippen MR) is 115 cm³/mol. The van der Waals surface area contributed by atoms with Crippen LogP contribution in [-0.2, 0) is 4.79 Å². The van der Waals surface area contributed by atoms with E-state index in [-0.39, 0.29) is 29.4 Å². The van der Waals surface area contributed by atoms with Gasteiger partial charge in [0.15, 0.2) is 11.5 Å². The maximum atomic E-state index is 12.6. The molecule has 0 saturated carbocycles. The van der Waals surface area contributed by atoms with E-state index in [4.69, 9.17) is 4.74 Å². The molecule has 0 saturated heterocycles. The molecule has 0 spiro atoms. The molecule has 2 N–H and O–H groups in total. The van der Waals surface area contributed by atoms with Crippen LogP contribution in [0.1, 0.15) is 37.7 Å².